The summed E-state index contributed by atoms with van der Waals surface area (Å²) in [5.74, 6) is 1.92. The summed E-state index contributed by atoms with van der Waals surface area (Å²) < 4.78 is 0. The zero-order valence-electron chi connectivity index (χ0n) is 18.8. The minimum atomic E-state index is 0. The molecule has 0 aliphatic carbocycles. The third-order valence-electron chi connectivity index (χ3n) is 5.73. The number of aromatic nitrogens is 3. The van der Waals surface area contributed by atoms with Gasteiger partial charge in [-0.15, -0.1) is 12.1 Å². The van der Waals surface area contributed by atoms with Gasteiger partial charge < -0.3 is 0 Å². The zero-order chi connectivity index (χ0) is 22.7. The fourth-order valence-electron chi connectivity index (χ4n) is 4.00. The monoisotopic (exact) mass is 671 g/mol. The van der Waals surface area contributed by atoms with Gasteiger partial charge in [-0.3, -0.25) is 0 Å². The molecule has 0 saturated heterocycles. The van der Waals surface area contributed by atoms with E-state index in [-0.39, 0.29) is 31.1 Å². The van der Waals surface area contributed by atoms with Crippen molar-refractivity contribution in [3.63, 3.8) is 0 Å². The Balaban J connectivity index is 0.00000253. The van der Waals surface area contributed by atoms with Crippen LogP contribution in [0, 0.1) is 43.2 Å². The molecular weight excluding hydrogens is 652 g/mol. The van der Waals surface area contributed by atoms with E-state index >= 15 is 0 Å². The van der Waals surface area contributed by atoms with Crippen molar-refractivity contribution < 1.29 is 31.1 Å². The second-order valence-electron chi connectivity index (χ2n) is 8.00. The number of rotatable bonds is 4. The third kappa shape index (κ3) is 4.96. The number of hydrogen-bond donors (Lipinski definition) is 0. The molecule has 0 saturated carbocycles. The molecule has 6 rings (SSSR count). The summed E-state index contributed by atoms with van der Waals surface area (Å²) in [4.78, 5) is 14.6. The largest absolute Gasteiger partial charge is 2.00 e. The molecule has 0 bridgehead atoms. The Bertz CT molecular complexity index is 1600. The van der Waals surface area contributed by atoms with Crippen molar-refractivity contribution in [2.75, 3.05) is 0 Å². The van der Waals surface area contributed by atoms with Gasteiger partial charge in [-0.05, 0) is 16.8 Å². The number of nitrogens with zero attached hydrogens (tertiary/aromatic N) is 3. The van der Waals surface area contributed by atoms with Gasteiger partial charge in [-0.2, -0.15) is 42.5 Å². The summed E-state index contributed by atoms with van der Waals surface area (Å²) in [6.07, 6.45) is 0. The molecule has 0 N–H and O–H groups in total. The van der Waals surface area contributed by atoms with Crippen LogP contribution in [0.3, 0.4) is 0 Å². The van der Waals surface area contributed by atoms with Gasteiger partial charge in [0.25, 0.3) is 0 Å². The van der Waals surface area contributed by atoms with Gasteiger partial charge in [0, 0.05) is 11.1 Å². The molecule has 3 nitrogen and oxygen atoms in total. The van der Waals surface area contributed by atoms with E-state index in [0.717, 1.165) is 33.2 Å². The normalized spacial score (nSPS) is 10.6. The molecule has 35 heavy (non-hydrogen) atoms. The maximum absolute atomic E-state index is 4.89. The molecule has 0 aliphatic rings. The summed E-state index contributed by atoms with van der Waals surface area (Å²) in [5.41, 5.74) is 4.75. The number of hydrogen-bond acceptors (Lipinski definition) is 3. The van der Waals surface area contributed by atoms with Crippen molar-refractivity contribution in [2.24, 2.45) is 0 Å². The topological polar surface area (TPSA) is 38.7 Å². The van der Waals surface area contributed by atoms with Crippen molar-refractivity contribution in [1.29, 1.82) is 0 Å². The van der Waals surface area contributed by atoms with Crippen LogP contribution in [0.4, 0.5) is 0 Å². The predicted molar refractivity (Wildman–Crippen MR) is 137 cm³/mol. The molecule has 0 aliphatic heterocycles. The van der Waals surface area contributed by atoms with Gasteiger partial charge in [0.2, 0.25) is 0 Å². The van der Waals surface area contributed by atoms with Crippen molar-refractivity contribution in [3.05, 3.63) is 127 Å². The Hall–Kier alpha value is -3.58. The van der Waals surface area contributed by atoms with Gasteiger partial charge in [0.1, 0.15) is 5.82 Å². The van der Waals surface area contributed by atoms with Crippen LogP contribution < -0.4 is 0 Å². The van der Waals surface area contributed by atoms with Gasteiger partial charge in [-0.1, -0.05) is 72.3 Å². The van der Waals surface area contributed by atoms with Crippen LogP contribution in [0.25, 0.3) is 56.1 Å². The Morgan fingerprint density at radius 1 is 0.429 bits per heavy atom. The molecule has 6 aromatic rings. The molecule has 0 atom stereocenters. The van der Waals surface area contributed by atoms with E-state index in [1.165, 1.54) is 5.39 Å². The van der Waals surface area contributed by atoms with Gasteiger partial charge in [0.15, 0.2) is 11.6 Å². The molecule has 0 spiro atoms. The van der Waals surface area contributed by atoms with E-state index < -0.39 is 0 Å². The second kappa shape index (κ2) is 10.4. The van der Waals surface area contributed by atoms with Crippen LogP contribution in [-0.4, -0.2) is 15.0 Å². The summed E-state index contributed by atoms with van der Waals surface area (Å²) in [5, 5.41) is 2.34. The summed E-state index contributed by atoms with van der Waals surface area (Å²) in [6, 6.07) is 45.1. The van der Waals surface area contributed by atoms with Crippen molar-refractivity contribution >= 4 is 10.8 Å². The van der Waals surface area contributed by atoms with Crippen LogP contribution in [0.2, 0.25) is 0 Å². The molecule has 5 aromatic carbocycles. The smallest absolute Gasteiger partial charge is 0.226 e. The van der Waals surface area contributed by atoms with E-state index in [9.17, 15) is 0 Å². The Morgan fingerprint density at radius 2 is 1.06 bits per heavy atom. The van der Waals surface area contributed by atoms with Crippen LogP contribution >= 0.6 is 0 Å². The molecule has 0 unspecified atom stereocenters. The quantitative estimate of drug-likeness (QED) is 0.185. The maximum atomic E-state index is 4.89. The van der Waals surface area contributed by atoms with Crippen molar-refractivity contribution in [1.82, 2.24) is 15.0 Å². The molecule has 0 amide bonds. The van der Waals surface area contributed by atoms with E-state index in [1.807, 2.05) is 78.9 Å². The molecule has 0 radical (unpaired) electrons. The van der Waals surface area contributed by atoms with Gasteiger partial charge in [0.05, 0.1) is 0 Å². The minimum absolute atomic E-state index is 0. The first-order chi connectivity index (χ1) is 16.8. The van der Waals surface area contributed by atoms with Crippen molar-refractivity contribution in [3.8, 4) is 45.3 Å². The minimum Gasteiger partial charge on any atom is -0.226 e. The second-order valence-corrected chi connectivity index (χ2v) is 8.00. The SMILES string of the molecule is [U+2].[c-]1ccccc1-c1[c-]ccc(-c2nc(-c3ccccc3)nc(-c3ccc4ccccc4c3)n2)c1. The third-order valence-corrected chi connectivity index (χ3v) is 5.73. The van der Waals surface area contributed by atoms with E-state index in [0.29, 0.717) is 17.5 Å². The van der Waals surface area contributed by atoms with Crippen molar-refractivity contribution in [2.45, 2.75) is 0 Å². The van der Waals surface area contributed by atoms with Gasteiger partial charge >= 0.3 is 31.1 Å². The Labute approximate surface area is 228 Å². The fourth-order valence-corrected chi connectivity index (χ4v) is 4.00. The Morgan fingerprint density at radius 3 is 1.80 bits per heavy atom. The van der Waals surface area contributed by atoms with Gasteiger partial charge in [-0.25, -0.2) is 26.1 Å². The van der Waals surface area contributed by atoms with E-state index in [1.54, 1.807) is 0 Å². The molecule has 162 valence electrons. The summed E-state index contributed by atoms with van der Waals surface area (Å²) in [6.45, 7) is 0. The molecule has 0 fully saturated rings. The first-order valence-electron chi connectivity index (χ1n) is 11.1. The number of fused-ring (bicyclic) bond motifs is 1. The molecule has 4 heteroatoms. The standard InChI is InChI=1S/C31H19N3.U/c1-3-10-22(11-4-1)26-16-9-17-27(20-26)30-32-29(24-13-5-2-6-14-24)33-31(34-30)28-19-18-23-12-7-8-15-25(23)21-28;/h1-10,12-15,17-21H;/q-2;+2. The van der Waals surface area contributed by atoms with Crippen LogP contribution in [-0.2, 0) is 0 Å². The summed E-state index contributed by atoms with van der Waals surface area (Å²) in [7, 11) is 0. The number of benzene rings is 5. The summed E-state index contributed by atoms with van der Waals surface area (Å²) >= 11 is 0. The maximum Gasteiger partial charge on any atom is 2.00 e. The van der Waals surface area contributed by atoms with Crippen LogP contribution in [0.1, 0.15) is 0 Å². The van der Waals surface area contributed by atoms with E-state index in [4.69, 9.17) is 15.0 Å². The van der Waals surface area contributed by atoms with Crippen LogP contribution in [0.5, 0.6) is 0 Å². The fraction of sp³-hybridized carbons (Fsp3) is 0. The zero-order valence-corrected chi connectivity index (χ0v) is 23.0. The average molecular weight is 672 g/mol. The molecule has 1 heterocycles. The average Bonchev–Trinajstić information content (AvgIpc) is 2.93. The molecular formula is C31H19N3U. The Kier molecular flexibility index (Phi) is 6.86. The predicted octanol–water partition coefficient (Wildman–Crippen LogP) is 7.29. The first-order valence-corrected chi connectivity index (χ1v) is 11.1. The van der Waals surface area contributed by atoms with Crippen LogP contribution in [0.15, 0.2) is 115 Å². The first kappa shape index (κ1) is 23.2. The molecule has 1 aromatic heterocycles. The van der Waals surface area contributed by atoms with E-state index in [2.05, 4.69) is 48.5 Å².